The van der Waals surface area contributed by atoms with Gasteiger partial charge in [-0.1, -0.05) is 47.8 Å². The summed E-state index contributed by atoms with van der Waals surface area (Å²) in [7, 11) is 0. The molecule has 8 heteroatoms. The molecule has 15 heavy (non-hydrogen) atoms. The van der Waals surface area contributed by atoms with Crippen LogP contribution in [0.5, 0.6) is 5.75 Å². The topological polar surface area (TPSA) is 20.2 Å². The molecular formula is C7HBr7O. The zero-order chi connectivity index (χ0) is 12.0. The van der Waals surface area contributed by atoms with E-state index >= 15 is 0 Å². The third-order valence-corrected chi connectivity index (χ3v) is 6.91. The van der Waals surface area contributed by atoms with Crippen molar-refractivity contribution in [2.45, 2.75) is 2.14 Å². The van der Waals surface area contributed by atoms with Crippen LogP contribution < -0.4 is 0 Å². The van der Waals surface area contributed by atoms with Crippen LogP contribution in [0.4, 0.5) is 0 Å². The lowest BCUT2D eigenvalue weighted by Gasteiger charge is -2.19. The Kier molecular flexibility index (Phi) is 5.73. The fraction of sp³-hybridized carbons (Fsp3) is 0.143. The molecule has 1 N–H and O–H groups in total. The third kappa shape index (κ3) is 3.23. The van der Waals surface area contributed by atoms with Crippen LogP contribution in [0.3, 0.4) is 0 Å². The second-order valence-electron chi connectivity index (χ2n) is 2.48. The number of alkyl halides is 3. The molecule has 0 saturated carbocycles. The lowest BCUT2D eigenvalue weighted by molar-refractivity contribution is 0.467. The Morgan fingerprint density at radius 2 is 1.07 bits per heavy atom. The van der Waals surface area contributed by atoms with Gasteiger partial charge in [-0.25, -0.2) is 0 Å². The summed E-state index contributed by atoms with van der Waals surface area (Å²) in [6.45, 7) is 0. The molecule has 0 aliphatic heterocycles. The van der Waals surface area contributed by atoms with E-state index in [9.17, 15) is 5.11 Å². The van der Waals surface area contributed by atoms with Crippen molar-refractivity contribution in [2.75, 3.05) is 0 Å². The van der Waals surface area contributed by atoms with Crippen LogP contribution >= 0.6 is 112 Å². The van der Waals surface area contributed by atoms with Crippen molar-refractivity contribution in [3.8, 4) is 5.75 Å². The lowest BCUT2D eigenvalue weighted by Crippen LogP contribution is -2.02. The van der Waals surface area contributed by atoms with E-state index in [2.05, 4.69) is 112 Å². The van der Waals surface area contributed by atoms with E-state index in [1.807, 2.05) is 0 Å². The van der Waals surface area contributed by atoms with Crippen LogP contribution in [0.1, 0.15) is 5.56 Å². The van der Waals surface area contributed by atoms with Gasteiger partial charge in [-0.2, -0.15) is 0 Å². The van der Waals surface area contributed by atoms with Gasteiger partial charge in [0.15, 0.2) is 2.14 Å². The van der Waals surface area contributed by atoms with Crippen molar-refractivity contribution in [3.63, 3.8) is 0 Å². The predicted octanol–water partition coefficient (Wildman–Crippen LogP) is 6.74. The quantitative estimate of drug-likeness (QED) is 0.242. The minimum atomic E-state index is -0.580. The van der Waals surface area contributed by atoms with Gasteiger partial charge in [0.25, 0.3) is 0 Å². The van der Waals surface area contributed by atoms with Gasteiger partial charge in [0.05, 0.1) is 8.95 Å². The van der Waals surface area contributed by atoms with Crippen LogP contribution in [0, 0.1) is 0 Å². The third-order valence-electron chi connectivity index (χ3n) is 1.52. The Morgan fingerprint density at radius 3 is 1.33 bits per heavy atom. The largest absolute Gasteiger partial charge is 0.505 e. The summed E-state index contributed by atoms with van der Waals surface area (Å²) in [6.07, 6.45) is 0. The molecule has 0 fully saturated rings. The number of hydrogen-bond acceptors (Lipinski definition) is 1. The number of benzene rings is 1. The second-order valence-corrected chi connectivity index (χ2v) is 12.4. The van der Waals surface area contributed by atoms with E-state index in [0.717, 1.165) is 14.5 Å². The highest BCUT2D eigenvalue weighted by Crippen LogP contribution is 2.55. The van der Waals surface area contributed by atoms with Gasteiger partial charge in [0.1, 0.15) is 5.75 Å². The average molecular weight is 660 g/mol. The van der Waals surface area contributed by atoms with Crippen molar-refractivity contribution >= 4 is 112 Å². The molecule has 0 amide bonds. The van der Waals surface area contributed by atoms with Crippen LogP contribution in [0.25, 0.3) is 0 Å². The number of rotatable bonds is 0. The summed E-state index contributed by atoms with van der Waals surface area (Å²) in [5.74, 6) is 0.134. The highest BCUT2D eigenvalue weighted by molar-refractivity contribution is 9.38. The fourth-order valence-electron chi connectivity index (χ4n) is 0.869. The summed E-state index contributed by atoms with van der Waals surface area (Å²) in [4.78, 5) is 0. The summed E-state index contributed by atoms with van der Waals surface area (Å²) in [5, 5.41) is 9.76. The van der Waals surface area contributed by atoms with Gasteiger partial charge in [0.2, 0.25) is 0 Å². The van der Waals surface area contributed by atoms with Gasteiger partial charge >= 0.3 is 0 Å². The van der Waals surface area contributed by atoms with Crippen LogP contribution in [0.2, 0.25) is 0 Å². The first kappa shape index (κ1) is 15.4. The van der Waals surface area contributed by atoms with Gasteiger partial charge in [-0.05, 0) is 63.7 Å². The number of hydrogen-bond donors (Lipinski definition) is 1. The monoisotopic (exact) mass is 653 g/mol. The molecule has 1 rings (SSSR count). The maximum absolute atomic E-state index is 9.76. The molecule has 0 atom stereocenters. The summed E-state index contributed by atoms with van der Waals surface area (Å²) < 4.78 is 2.05. The van der Waals surface area contributed by atoms with Crippen LogP contribution in [-0.4, -0.2) is 5.11 Å². The Hall–Kier alpha value is 2.38. The summed E-state index contributed by atoms with van der Waals surface area (Å²) in [5.41, 5.74) is 0.860. The number of phenolic OH excluding ortho intramolecular Hbond substituents is 1. The number of halogens is 7. The minimum absolute atomic E-state index is 0.134. The van der Waals surface area contributed by atoms with Crippen LogP contribution in [-0.2, 0) is 2.14 Å². The first-order chi connectivity index (χ1) is 6.68. The molecule has 84 valence electrons. The van der Waals surface area contributed by atoms with Crippen molar-refractivity contribution in [1.82, 2.24) is 0 Å². The molecule has 0 saturated heterocycles. The average Bonchev–Trinajstić information content (AvgIpc) is 2.09. The van der Waals surface area contributed by atoms with Crippen LogP contribution in [0.15, 0.2) is 17.9 Å². The van der Waals surface area contributed by atoms with E-state index in [4.69, 9.17) is 0 Å². The van der Waals surface area contributed by atoms with Crippen molar-refractivity contribution < 1.29 is 5.11 Å². The molecule has 0 unspecified atom stereocenters. The van der Waals surface area contributed by atoms with E-state index in [-0.39, 0.29) is 5.75 Å². The second kappa shape index (κ2) is 5.57. The minimum Gasteiger partial charge on any atom is -0.505 e. The predicted molar refractivity (Wildman–Crippen MR) is 87.4 cm³/mol. The first-order valence-electron chi connectivity index (χ1n) is 3.30. The molecule has 0 aliphatic rings. The first-order valence-corrected chi connectivity index (χ1v) is 8.85. The van der Waals surface area contributed by atoms with E-state index in [1.54, 1.807) is 0 Å². The maximum Gasteiger partial charge on any atom is 0.162 e. The zero-order valence-electron chi connectivity index (χ0n) is 6.59. The lowest BCUT2D eigenvalue weighted by atomic mass is 10.2. The molecule has 0 radical (unpaired) electrons. The van der Waals surface area contributed by atoms with Crippen molar-refractivity contribution in [2.24, 2.45) is 0 Å². The Labute approximate surface area is 146 Å². The zero-order valence-corrected chi connectivity index (χ0v) is 17.7. The number of phenols is 1. The summed E-state index contributed by atoms with van der Waals surface area (Å²) >= 11 is 23.7. The normalized spacial score (nSPS) is 11.9. The molecule has 0 heterocycles. The van der Waals surface area contributed by atoms with Gasteiger partial charge in [-0.15, -0.1) is 0 Å². The van der Waals surface area contributed by atoms with E-state index in [1.165, 1.54) is 0 Å². The fourth-order valence-corrected chi connectivity index (χ4v) is 6.35. The molecule has 0 aromatic heterocycles. The van der Waals surface area contributed by atoms with Gasteiger partial charge in [-0.3, -0.25) is 0 Å². The SMILES string of the molecule is Oc1c(Br)c(Br)c(C(Br)(Br)Br)c(Br)c1Br. The Bertz CT molecular complexity index is 380. The molecule has 0 bridgehead atoms. The summed E-state index contributed by atoms with van der Waals surface area (Å²) in [6, 6.07) is 0. The molecule has 1 nitrogen and oxygen atoms in total. The molecule has 0 spiro atoms. The Morgan fingerprint density at radius 1 is 0.733 bits per heavy atom. The Balaban J connectivity index is 3.68. The van der Waals surface area contributed by atoms with E-state index < -0.39 is 2.14 Å². The highest BCUT2D eigenvalue weighted by atomic mass is 80.0. The molecular weight excluding hydrogens is 659 g/mol. The maximum atomic E-state index is 9.76. The molecule has 1 aromatic rings. The molecule has 0 aliphatic carbocycles. The number of aromatic hydroxyl groups is 1. The highest BCUT2D eigenvalue weighted by Gasteiger charge is 2.31. The standard InChI is InChI=1S/C7HBr7O/c8-2-1(7(12,13)14)3(9)5(11)6(15)4(2)10/h15H. The van der Waals surface area contributed by atoms with Gasteiger partial charge in [0, 0.05) is 14.5 Å². The smallest absolute Gasteiger partial charge is 0.162 e. The van der Waals surface area contributed by atoms with Crippen molar-refractivity contribution in [1.29, 1.82) is 0 Å². The van der Waals surface area contributed by atoms with Crippen molar-refractivity contribution in [3.05, 3.63) is 23.5 Å². The van der Waals surface area contributed by atoms with Gasteiger partial charge < -0.3 is 5.11 Å². The molecule has 1 aromatic carbocycles. The van der Waals surface area contributed by atoms with E-state index in [0.29, 0.717) is 8.95 Å².